The van der Waals surface area contributed by atoms with Gasteiger partial charge in [0.05, 0.1) is 13.2 Å². The molecule has 0 atom stereocenters. The molecule has 0 heterocycles. The van der Waals surface area contributed by atoms with Gasteiger partial charge >= 0.3 is 0 Å². The first-order chi connectivity index (χ1) is 14.0. The van der Waals surface area contributed by atoms with Crippen molar-refractivity contribution in [1.29, 1.82) is 5.26 Å². The average molecular weight is 392 g/mol. The monoisotopic (exact) mass is 392 g/mol. The van der Waals surface area contributed by atoms with Gasteiger partial charge in [-0.3, -0.25) is 4.79 Å². The molecule has 0 radical (unpaired) electrons. The summed E-state index contributed by atoms with van der Waals surface area (Å²) in [6, 6.07) is 11.5. The van der Waals surface area contributed by atoms with Crippen LogP contribution in [0.15, 0.2) is 54.6 Å². The molecule has 0 aliphatic heterocycles. The minimum atomic E-state index is -0.546. The van der Waals surface area contributed by atoms with Gasteiger partial charge in [0.25, 0.3) is 5.91 Å². The standard InChI is InChI=1S/C23H24N2O4/c1-4-7-17-12-16(14-21(28-5-2)22(17)29-6-3)13-18(15-24)23(27)25-19-8-10-20(26)11-9-19/h4,8-14,26H,1,5-7H2,2-3H3,(H,25,27)/b18-13-. The second kappa shape index (κ2) is 10.6. The lowest BCUT2D eigenvalue weighted by Gasteiger charge is -2.16. The molecule has 0 saturated heterocycles. The van der Waals surface area contributed by atoms with Crippen molar-refractivity contribution in [2.45, 2.75) is 20.3 Å². The highest BCUT2D eigenvalue weighted by Crippen LogP contribution is 2.34. The summed E-state index contributed by atoms with van der Waals surface area (Å²) >= 11 is 0. The van der Waals surface area contributed by atoms with Crippen LogP contribution >= 0.6 is 0 Å². The zero-order valence-electron chi connectivity index (χ0n) is 16.6. The molecular formula is C23H24N2O4. The fourth-order valence-corrected chi connectivity index (χ4v) is 2.70. The number of phenolic OH excluding ortho intramolecular Hbond substituents is 1. The van der Waals surface area contributed by atoms with Crippen molar-refractivity contribution in [2.24, 2.45) is 0 Å². The van der Waals surface area contributed by atoms with Gasteiger partial charge in [-0.2, -0.15) is 5.26 Å². The summed E-state index contributed by atoms with van der Waals surface area (Å²) < 4.78 is 11.4. The van der Waals surface area contributed by atoms with Gasteiger partial charge in [-0.05, 0) is 68.3 Å². The Bertz CT molecular complexity index is 941. The van der Waals surface area contributed by atoms with Crippen LogP contribution in [0.3, 0.4) is 0 Å². The van der Waals surface area contributed by atoms with Gasteiger partial charge in [0.2, 0.25) is 0 Å². The smallest absolute Gasteiger partial charge is 0.266 e. The Hall–Kier alpha value is -3.72. The maximum Gasteiger partial charge on any atom is 0.266 e. The van der Waals surface area contributed by atoms with E-state index in [1.807, 2.05) is 26.0 Å². The first-order valence-corrected chi connectivity index (χ1v) is 9.27. The van der Waals surface area contributed by atoms with Crippen molar-refractivity contribution in [2.75, 3.05) is 18.5 Å². The van der Waals surface area contributed by atoms with E-state index in [9.17, 15) is 15.2 Å². The Morgan fingerprint density at radius 1 is 1.21 bits per heavy atom. The number of ether oxygens (including phenoxy) is 2. The molecule has 0 spiro atoms. The molecule has 0 aromatic heterocycles. The molecule has 2 aromatic carbocycles. The second-order valence-corrected chi connectivity index (χ2v) is 6.04. The normalized spacial score (nSPS) is 10.7. The van der Waals surface area contributed by atoms with Crippen molar-refractivity contribution >= 4 is 17.7 Å². The molecule has 0 aliphatic rings. The van der Waals surface area contributed by atoms with Crippen LogP contribution in [0.4, 0.5) is 5.69 Å². The minimum absolute atomic E-state index is 0.0609. The number of phenols is 1. The molecular weight excluding hydrogens is 368 g/mol. The highest BCUT2D eigenvalue weighted by atomic mass is 16.5. The van der Waals surface area contributed by atoms with Crippen molar-refractivity contribution in [3.63, 3.8) is 0 Å². The number of amides is 1. The molecule has 6 heteroatoms. The molecule has 150 valence electrons. The third kappa shape index (κ3) is 5.88. The minimum Gasteiger partial charge on any atom is -0.508 e. The Kier molecular flexibility index (Phi) is 7.87. The van der Waals surface area contributed by atoms with Gasteiger partial charge in [0.1, 0.15) is 17.4 Å². The number of allylic oxidation sites excluding steroid dienone is 1. The summed E-state index contributed by atoms with van der Waals surface area (Å²) in [5, 5.41) is 21.4. The van der Waals surface area contributed by atoms with Crippen LogP contribution in [0.25, 0.3) is 6.08 Å². The number of aromatic hydroxyl groups is 1. The average Bonchev–Trinajstić information content (AvgIpc) is 2.70. The molecule has 0 aliphatic carbocycles. The van der Waals surface area contributed by atoms with Crippen LogP contribution in [-0.2, 0) is 11.2 Å². The lowest BCUT2D eigenvalue weighted by atomic mass is 10.0. The van der Waals surface area contributed by atoms with Crippen LogP contribution < -0.4 is 14.8 Å². The molecule has 29 heavy (non-hydrogen) atoms. The van der Waals surface area contributed by atoms with Gasteiger partial charge in [-0.25, -0.2) is 0 Å². The summed E-state index contributed by atoms with van der Waals surface area (Å²) in [6.07, 6.45) is 3.81. The summed E-state index contributed by atoms with van der Waals surface area (Å²) in [4.78, 5) is 12.5. The quantitative estimate of drug-likeness (QED) is 0.284. The first kappa shape index (κ1) is 21.6. The van der Waals surface area contributed by atoms with E-state index in [2.05, 4.69) is 11.9 Å². The number of hydrogen-bond donors (Lipinski definition) is 2. The van der Waals surface area contributed by atoms with E-state index in [4.69, 9.17) is 9.47 Å². The highest BCUT2D eigenvalue weighted by molar-refractivity contribution is 6.09. The van der Waals surface area contributed by atoms with Crippen LogP contribution in [0, 0.1) is 11.3 Å². The molecule has 1 amide bonds. The van der Waals surface area contributed by atoms with E-state index in [0.29, 0.717) is 42.4 Å². The van der Waals surface area contributed by atoms with E-state index >= 15 is 0 Å². The van der Waals surface area contributed by atoms with Crippen molar-refractivity contribution in [1.82, 2.24) is 0 Å². The number of carbonyl (C=O) groups excluding carboxylic acids is 1. The van der Waals surface area contributed by atoms with E-state index in [-0.39, 0.29) is 11.3 Å². The third-order valence-corrected chi connectivity index (χ3v) is 3.91. The second-order valence-electron chi connectivity index (χ2n) is 6.04. The van der Waals surface area contributed by atoms with Crippen LogP contribution in [0.5, 0.6) is 17.2 Å². The van der Waals surface area contributed by atoms with Crippen molar-refractivity contribution in [3.05, 3.63) is 65.8 Å². The number of nitrogens with one attached hydrogen (secondary N) is 1. The number of anilines is 1. The summed E-state index contributed by atoms with van der Waals surface area (Å²) in [5.41, 5.74) is 1.92. The van der Waals surface area contributed by atoms with Gasteiger partial charge < -0.3 is 19.9 Å². The van der Waals surface area contributed by atoms with E-state index < -0.39 is 5.91 Å². The van der Waals surface area contributed by atoms with Gasteiger partial charge in [-0.15, -0.1) is 6.58 Å². The van der Waals surface area contributed by atoms with Crippen LogP contribution in [-0.4, -0.2) is 24.2 Å². The molecule has 0 bridgehead atoms. The zero-order chi connectivity index (χ0) is 21.2. The number of hydrogen-bond acceptors (Lipinski definition) is 5. The maximum absolute atomic E-state index is 12.5. The molecule has 0 unspecified atom stereocenters. The SMILES string of the molecule is C=CCc1cc(/C=C(/C#N)C(=O)Nc2ccc(O)cc2)cc(OCC)c1OCC. The largest absolute Gasteiger partial charge is 0.508 e. The van der Waals surface area contributed by atoms with Gasteiger partial charge in [0.15, 0.2) is 11.5 Å². The van der Waals surface area contributed by atoms with E-state index in [1.54, 1.807) is 24.3 Å². The van der Waals surface area contributed by atoms with E-state index in [1.165, 1.54) is 18.2 Å². The Balaban J connectivity index is 2.40. The molecule has 6 nitrogen and oxygen atoms in total. The predicted octanol–water partition coefficient (Wildman–Crippen LogP) is 4.46. The van der Waals surface area contributed by atoms with Crippen LogP contribution in [0.2, 0.25) is 0 Å². The maximum atomic E-state index is 12.5. The van der Waals surface area contributed by atoms with E-state index in [0.717, 1.165) is 5.56 Å². The summed E-state index contributed by atoms with van der Waals surface area (Å²) in [5.74, 6) is 0.733. The first-order valence-electron chi connectivity index (χ1n) is 9.27. The van der Waals surface area contributed by atoms with Crippen LogP contribution in [0.1, 0.15) is 25.0 Å². The molecule has 2 rings (SSSR count). The van der Waals surface area contributed by atoms with Crippen molar-refractivity contribution in [3.8, 4) is 23.3 Å². The lowest BCUT2D eigenvalue weighted by molar-refractivity contribution is -0.112. The summed E-state index contributed by atoms with van der Waals surface area (Å²) in [6.45, 7) is 8.47. The molecule has 0 saturated carbocycles. The number of rotatable bonds is 9. The Labute approximate surface area is 170 Å². The number of nitrogens with zero attached hydrogens (tertiary/aromatic N) is 1. The van der Waals surface area contributed by atoms with Crippen molar-refractivity contribution < 1.29 is 19.4 Å². The molecule has 2 N–H and O–H groups in total. The number of nitriles is 1. The Morgan fingerprint density at radius 2 is 1.90 bits per heavy atom. The molecule has 0 fully saturated rings. The lowest BCUT2D eigenvalue weighted by Crippen LogP contribution is -2.13. The molecule has 2 aromatic rings. The Morgan fingerprint density at radius 3 is 2.48 bits per heavy atom. The summed E-state index contributed by atoms with van der Waals surface area (Å²) in [7, 11) is 0. The fourth-order valence-electron chi connectivity index (χ4n) is 2.70. The topological polar surface area (TPSA) is 91.6 Å². The number of benzene rings is 2. The highest BCUT2D eigenvalue weighted by Gasteiger charge is 2.15. The van der Waals surface area contributed by atoms with Gasteiger partial charge in [0, 0.05) is 11.3 Å². The third-order valence-electron chi connectivity index (χ3n) is 3.91. The fraction of sp³-hybridized carbons (Fsp3) is 0.217. The predicted molar refractivity (Wildman–Crippen MR) is 113 cm³/mol. The van der Waals surface area contributed by atoms with Gasteiger partial charge in [-0.1, -0.05) is 6.08 Å². The number of carbonyl (C=O) groups is 1. The zero-order valence-corrected chi connectivity index (χ0v) is 16.6.